The van der Waals surface area contributed by atoms with Crippen molar-refractivity contribution in [1.29, 1.82) is 0 Å². The normalized spacial score (nSPS) is 3.80. The van der Waals surface area contributed by atoms with Gasteiger partial charge in [-0.25, -0.2) is 0 Å². The molecule has 0 aliphatic carbocycles. The second-order valence-corrected chi connectivity index (χ2v) is 0.105. The molecule has 0 bridgehead atoms. The van der Waals surface area contributed by atoms with E-state index in [2.05, 4.69) is 11.3 Å². The molecule has 0 spiro atoms. The molecule has 0 aliphatic heterocycles. The van der Waals surface area contributed by atoms with Crippen LogP contribution in [0.2, 0.25) is 0 Å². The predicted octanol–water partition coefficient (Wildman–Crippen LogP) is 0.206. The van der Waals surface area contributed by atoms with Crippen LogP contribution in [0.25, 0.3) is 0 Å². The van der Waals surface area contributed by atoms with Crippen molar-refractivity contribution in [3.63, 3.8) is 0 Å². The zero-order valence-corrected chi connectivity index (χ0v) is 8.09. The van der Waals surface area contributed by atoms with E-state index in [4.69, 9.17) is 9.90 Å². The molecule has 0 radical (unpaired) electrons. The minimum absolute atomic E-state index is 0.250. The number of carbonyl (C=O) groups is 1. The van der Waals surface area contributed by atoms with Crippen molar-refractivity contribution < 1.29 is 9.90 Å². The Morgan fingerprint density at radius 3 is 1.80 bits per heavy atom. The molecule has 0 atom stereocenters. The van der Waals surface area contributed by atoms with E-state index in [0.717, 1.165) is 42.7 Å². The third kappa shape index (κ3) is 25.5. The summed E-state index contributed by atoms with van der Waals surface area (Å²) in [6.45, 7) is -0.250. The molecule has 0 aromatic carbocycles. The summed E-state index contributed by atoms with van der Waals surface area (Å²) in [4.78, 5) is 8.36. The van der Waals surface area contributed by atoms with Gasteiger partial charge in [-0.05, 0) is 0 Å². The number of hydrogen-bond donors (Lipinski definition) is 1. The first-order valence-corrected chi connectivity index (χ1v) is 10.9. The molecule has 0 heterocycles. The van der Waals surface area contributed by atoms with Crippen molar-refractivity contribution in [2.75, 3.05) is 0 Å². The zero-order valence-electron chi connectivity index (χ0n) is 2.81. The van der Waals surface area contributed by atoms with E-state index in [1.165, 1.54) is 0 Å². The summed E-state index contributed by atoms with van der Waals surface area (Å²) in [7, 11) is 0. The van der Waals surface area contributed by atoms with E-state index in [9.17, 15) is 0 Å². The van der Waals surface area contributed by atoms with Crippen LogP contribution in [0.5, 0.6) is 0 Å². The Bertz CT molecular complexity index is 17.1. The van der Waals surface area contributed by atoms with Crippen molar-refractivity contribution in [1.82, 2.24) is 0 Å². The van der Waals surface area contributed by atoms with Crippen LogP contribution in [-0.4, -0.2) is 54.3 Å². The molecule has 1 N–H and O–H groups in total. The monoisotopic (exact) mass is 212 g/mol. The third-order valence-corrected chi connectivity index (χ3v) is 0. The van der Waals surface area contributed by atoms with E-state index < -0.39 is 0 Å². The Hall–Kier alpha value is 1.84. The van der Waals surface area contributed by atoms with E-state index in [0.29, 0.717) is 0 Å². The number of hydrogen-bond acceptors (Lipinski definition) is 1. The molecule has 0 unspecified atom stereocenters. The molecule has 0 amide bonds. The van der Waals surface area contributed by atoms with Crippen LogP contribution < -0.4 is 0 Å². The summed E-state index contributed by atoms with van der Waals surface area (Å²) in [6, 6.07) is 0. The molecular formula is CH2IKO2. The quantitative estimate of drug-likeness (QED) is 0.354. The number of rotatable bonds is 0. The first-order chi connectivity index (χ1) is 2.41. The molecule has 2 nitrogen and oxygen atoms in total. The van der Waals surface area contributed by atoms with Crippen LogP contribution >= 0.6 is 11.3 Å². The molecule has 0 saturated heterocycles. The summed E-state index contributed by atoms with van der Waals surface area (Å²) < 4.78 is 0. The second kappa shape index (κ2) is 17.0. The first kappa shape index (κ1) is 9.96. The minimum atomic E-state index is -0.250. The van der Waals surface area contributed by atoms with Gasteiger partial charge < -0.3 is 5.11 Å². The molecule has 0 aromatic heterocycles. The molecule has 0 aromatic rings. The summed E-state index contributed by atoms with van der Waals surface area (Å²) in [5.41, 5.74) is 0. The van der Waals surface area contributed by atoms with Gasteiger partial charge in [-0.1, -0.05) is 0 Å². The Balaban J connectivity index is 0. The van der Waals surface area contributed by atoms with Crippen LogP contribution in [-0.2, 0) is 4.79 Å². The molecule has 0 rings (SSSR count). The van der Waals surface area contributed by atoms with Crippen LogP contribution in [0.1, 0.15) is 0 Å². The van der Waals surface area contributed by atoms with Crippen LogP contribution in [0.3, 0.4) is 0 Å². The number of carboxylic acid groups (broad SMARTS) is 1. The topological polar surface area (TPSA) is 37.3 Å². The SMILES string of the molecule is O=CO.[K][I]. The fourth-order valence-electron chi connectivity index (χ4n) is 0. The molecule has 4 heteroatoms. The van der Waals surface area contributed by atoms with Crippen molar-refractivity contribution >= 4 is 60.5 Å². The van der Waals surface area contributed by atoms with E-state index >= 15 is 0 Å². The van der Waals surface area contributed by atoms with Gasteiger partial charge in [-0.15, -0.1) is 0 Å². The molecule has 5 heavy (non-hydrogen) atoms. The fraction of sp³-hybridized carbons (Fsp3) is 0. The average Bonchev–Trinajstić information content (AvgIpc) is 1.46. The van der Waals surface area contributed by atoms with Gasteiger partial charge in [0.15, 0.2) is 0 Å². The predicted molar refractivity (Wildman–Crippen MR) is 28.5 cm³/mol. The first-order valence-electron chi connectivity index (χ1n) is 0.872. The van der Waals surface area contributed by atoms with Gasteiger partial charge >= 0.3 is 54.0 Å². The van der Waals surface area contributed by atoms with Gasteiger partial charge in [0.2, 0.25) is 0 Å². The maximum atomic E-state index is 8.36. The molecule has 26 valence electrons. The van der Waals surface area contributed by atoms with Crippen LogP contribution in [0, 0.1) is 0 Å². The standard InChI is InChI=1S/CH2O2.HI.K/c2-1-3;;/h1H,(H,2,3);1H;/q;;+1/p-1. The zero-order chi connectivity index (χ0) is 4.71. The van der Waals surface area contributed by atoms with Gasteiger partial charge in [0, 0.05) is 0 Å². The van der Waals surface area contributed by atoms with Crippen molar-refractivity contribution in [2.24, 2.45) is 0 Å². The van der Waals surface area contributed by atoms with Crippen molar-refractivity contribution in [3.05, 3.63) is 0 Å². The van der Waals surface area contributed by atoms with Crippen molar-refractivity contribution in [2.45, 2.75) is 0 Å². The number of halogens is 1. The summed E-state index contributed by atoms with van der Waals surface area (Å²) in [6.07, 6.45) is 0. The third-order valence-electron chi connectivity index (χ3n) is 0. The van der Waals surface area contributed by atoms with Crippen LogP contribution in [0.15, 0.2) is 0 Å². The van der Waals surface area contributed by atoms with E-state index in [1.54, 1.807) is 0 Å². The van der Waals surface area contributed by atoms with Crippen LogP contribution in [0.4, 0.5) is 0 Å². The molecule has 0 fully saturated rings. The average molecular weight is 212 g/mol. The summed E-state index contributed by atoms with van der Waals surface area (Å²) >= 11 is 3.37. The van der Waals surface area contributed by atoms with Gasteiger partial charge in [-0.2, -0.15) is 0 Å². The Kier molecular flexibility index (Phi) is 33.8. The van der Waals surface area contributed by atoms with E-state index in [1.807, 2.05) is 0 Å². The molecular weight excluding hydrogens is 210 g/mol. The Morgan fingerprint density at radius 1 is 1.80 bits per heavy atom. The Morgan fingerprint density at radius 2 is 1.80 bits per heavy atom. The van der Waals surface area contributed by atoms with E-state index in [-0.39, 0.29) is 6.47 Å². The van der Waals surface area contributed by atoms with Gasteiger partial charge in [-0.3, -0.25) is 4.79 Å². The van der Waals surface area contributed by atoms with Crippen molar-refractivity contribution in [3.8, 4) is 0 Å². The second-order valence-electron chi connectivity index (χ2n) is 0.105. The summed E-state index contributed by atoms with van der Waals surface area (Å²) in [5.74, 6) is 0. The molecule has 0 saturated carbocycles. The molecule has 0 aliphatic rings. The maximum absolute atomic E-state index is 8.36. The van der Waals surface area contributed by atoms with Gasteiger partial charge in [0.1, 0.15) is 0 Å². The summed E-state index contributed by atoms with van der Waals surface area (Å²) in [5, 5.41) is 6.89. The van der Waals surface area contributed by atoms with Gasteiger partial charge in [0.25, 0.3) is 6.47 Å². The Labute approximate surface area is 68.4 Å². The fourth-order valence-corrected chi connectivity index (χ4v) is 0. The van der Waals surface area contributed by atoms with Gasteiger partial charge in [0.05, 0.1) is 0 Å².